The van der Waals surface area contributed by atoms with E-state index in [1.54, 1.807) is 12.1 Å². The van der Waals surface area contributed by atoms with E-state index in [1.807, 2.05) is 41.9 Å². The third-order valence-corrected chi connectivity index (χ3v) is 3.98. The van der Waals surface area contributed by atoms with Crippen molar-refractivity contribution >= 4 is 32.5 Å². The number of hydrogen-bond acceptors (Lipinski definition) is 5. The third kappa shape index (κ3) is 3.02. The first-order chi connectivity index (χ1) is 10.9. The number of methoxy groups -OCH3 is 1. The molecule has 1 atom stereocenters. The number of aromatic nitrogens is 2. The maximum atomic E-state index is 11.0. The molecule has 3 rings (SSSR count). The Morgan fingerprint density at radius 3 is 2.52 bits per heavy atom. The van der Waals surface area contributed by atoms with Crippen LogP contribution in [0.3, 0.4) is 0 Å². The van der Waals surface area contributed by atoms with Crippen LogP contribution in [0.5, 0.6) is 0 Å². The van der Waals surface area contributed by atoms with Crippen LogP contribution < -0.4 is 4.57 Å². The minimum absolute atomic E-state index is 0.406. The van der Waals surface area contributed by atoms with Crippen molar-refractivity contribution in [2.24, 2.45) is 7.05 Å². The number of hydrogen-bond donors (Lipinski definition) is 1. The van der Waals surface area contributed by atoms with E-state index in [-0.39, 0.29) is 0 Å². The van der Waals surface area contributed by atoms with E-state index in [9.17, 15) is 8.42 Å². The molecule has 0 radical (unpaired) electrons. The molecule has 0 saturated heterocycles. The predicted octanol–water partition coefficient (Wildman–Crippen LogP) is 1.68. The lowest BCUT2D eigenvalue weighted by atomic mass is 10.1. The number of benzene rings is 2. The first kappa shape index (κ1) is 15.8. The van der Waals surface area contributed by atoms with Crippen LogP contribution in [-0.2, 0) is 26.4 Å². The summed E-state index contributed by atoms with van der Waals surface area (Å²) in [6.07, 6.45) is -1.29. The largest absolute Gasteiger partial charge is 0.400 e. The first-order valence-electron chi connectivity index (χ1n) is 6.76. The zero-order chi connectivity index (χ0) is 16.6. The molecular formula is C15H15N2O5S+. The lowest BCUT2D eigenvalue weighted by molar-refractivity contribution is -0.618. The molecule has 8 heteroatoms. The second-order valence-corrected chi connectivity index (χ2v) is 6.01. The van der Waals surface area contributed by atoms with Crippen molar-refractivity contribution in [2.75, 3.05) is 7.11 Å². The number of rotatable bonds is 4. The van der Waals surface area contributed by atoms with Gasteiger partial charge in [0, 0.05) is 24.8 Å². The fourth-order valence-corrected chi connectivity index (χ4v) is 2.96. The van der Waals surface area contributed by atoms with Gasteiger partial charge in [-0.15, -0.1) is 0 Å². The smallest absolute Gasteiger partial charge is 0.351 e. The molecule has 1 aromatic heterocycles. The number of fused-ring (bicyclic) bond motifs is 2. The van der Waals surface area contributed by atoms with Crippen molar-refractivity contribution in [3.05, 3.63) is 48.0 Å². The quantitative estimate of drug-likeness (QED) is 0.338. The normalized spacial score (nSPS) is 13.5. The molecule has 7 nitrogen and oxygen atoms in total. The fourth-order valence-electron chi connectivity index (χ4n) is 2.55. The van der Waals surface area contributed by atoms with Gasteiger partial charge in [-0.3, -0.25) is 4.55 Å². The Hall–Kier alpha value is -2.13. The van der Waals surface area contributed by atoms with E-state index in [0.717, 1.165) is 16.6 Å². The monoisotopic (exact) mass is 335 g/mol. The van der Waals surface area contributed by atoms with E-state index in [1.165, 1.54) is 7.11 Å². The summed E-state index contributed by atoms with van der Waals surface area (Å²) >= 11 is 0. The topological polar surface area (TPSA) is 89.6 Å². The van der Waals surface area contributed by atoms with Crippen molar-refractivity contribution in [1.29, 1.82) is 0 Å². The molecule has 0 bridgehead atoms. The highest BCUT2D eigenvalue weighted by Gasteiger charge is 2.24. The van der Waals surface area contributed by atoms with Crippen LogP contribution in [0.15, 0.2) is 42.5 Å². The Labute approximate surface area is 133 Å². The second-order valence-electron chi connectivity index (χ2n) is 4.97. The highest BCUT2D eigenvalue weighted by molar-refractivity contribution is 7.80. The molecule has 120 valence electrons. The number of nitrogens with zero attached hydrogens (tertiary/aromatic N) is 2. The molecule has 23 heavy (non-hydrogen) atoms. The minimum atomic E-state index is -4.66. The van der Waals surface area contributed by atoms with E-state index in [0.29, 0.717) is 11.1 Å². The van der Waals surface area contributed by atoms with Crippen LogP contribution in [0.4, 0.5) is 0 Å². The number of para-hydroxylation sites is 3. The second kappa shape index (κ2) is 5.82. The van der Waals surface area contributed by atoms with Crippen molar-refractivity contribution in [3.63, 3.8) is 0 Å². The lowest BCUT2D eigenvalue weighted by Gasteiger charge is -2.15. The van der Waals surface area contributed by atoms with Gasteiger partial charge in [0.25, 0.3) is 0 Å². The summed E-state index contributed by atoms with van der Waals surface area (Å²) in [5.74, 6) is 0. The van der Waals surface area contributed by atoms with E-state index in [4.69, 9.17) is 9.29 Å². The van der Waals surface area contributed by atoms with Gasteiger partial charge in [0.2, 0.25) is 17.3 Å². The van der Waals surface area contributed by atoms with Gasteiger partial charge in [-0.2, -0.15) is 13.0 Å². The minimum Gasteiger partial charge on any atom is -0.351 e. The van der Waals surface area contributed by atoms with E-state index in [2.05, 4.69) is 9.17 Å². The highest BCUT2D eigenvalue weighted by Crippen LogP contribution is 2.26. The summed E-state index contributed by atoms with van der Waals surface area (Å²) in [5, 5.41) is 0. The average Bonchev–Trinajstić information content (AvgIpc) is 2.52. The molecule has 0 amide bonds. The van der Waals surface area contributed by atoms with Crippen LogP contribution in [-0.4, -0.2) is 25.1 Å². The van der Waals surface area contributed by atoms with Gasteiger partial charge in [0.1, 0.15) is 18.1 Å². The predicted molar refractivity (Wildman–Crippen MR) is 82.8 cm³/mol. The summed E-state index contributed by atoms with van der Waals surface area (Å²) < 4.78 is 42.6. The van der Waals surface area contributed by atoms with Crippen LogP contribution >= 0.6 is 0 Å². The Morgan fingerprint density at radius 2 is 1.83 bits per heavy atom. The summed E-state index contributed by atoms with van der Waals surface area (Å²) in [6, 6.07) is 12.8. The van der Waals surface area contributed by atoms with Gasteiger partial charge >= 0.3 is 10.4 Å². The molecule has 3 aromatic rings. The van der Waals surface area contributed by atoms with Crippen molar-refractivity contribution < 1.29 is 26.5 Å². The Morgan fingerprint density at radius 1 is 1.13 bits per heavy atom. The molecule has 0 aliphatic rings. The number of ether oxygens (including phenoxy) is 1. The standard InChI is InChI=1S/C15H14N2O5S/c1-17-12-8-4-3-7-11(12)16-14-10(6-5-9-13(14)17)15(21-2)22-23(18,19)20/h3-9,15H,1-2H3/p+1. The van der Waals surface area contributed by atoms with Gasteiger partial charge in [-0.25, -0.2) is 9.17 Å². The zero-order valence-corrected chi connectivity index (χ0v) is 13.3. The molecule has 0 saturated carbocycles. The molecule has 0 spiro atoms. The van der Waals surface area contributed by atoms with Gasteiger partial charge in [-0.1, -0.05) is 24.3 Å². The fraction of sp³-hybridized carbons (Fsp3) is 0.200. The number of aryl methyl sites for hydroxylation is 1. The molecule has 1 unspecified atom stereocenters. The van der Waals surface area contributed by atoms with E-state index >= 15 is 0 Å². The van der Waals surface area contributed by atoms with Gasteiger partial charge < -0.3 is 4.74 Å². The van der Waals surface area contributed by atoms with Crippen LogP contribution in [0.1, 0.15) is 11.9 Å². The highest BCUT2D eigenvalue weighted by atomic mass is 32.3. The SMILES string of the molecule is COC(OS(=O)(=O)O)c1cccc2c1nc1ccccc1[n+]2C. The molecule has 2 aromatic carbocycles. The lowest BCUT2D eigenvalue weighted by Crippen LogP contribution is -2.31. The van der Waals surface area contributed by atoms with Crippen LogP contribution in [0.25, 0.3) is 22.1 Å². The summed E-state index contributed by atoms with van der Waals surface area (Å²) in [6.45, 7) is 0. The molecular weight excluding hydrogens is 320 g/mol. The molecule has 0 aliphatic carbocycles. The van der Waals surface area contributed by atoms with E-state index < -0.39 is 16.7 Å². The summed E-state index contributed by atoms with van der Waals surface area (Å²) in [7, 11) is -1.49. The Kier molecular flexibility index (Phi) is 3.99. The maximum Gasteiger partial charge on any atom is 0.400 e. The van der Waals surface area contributed by atoms with Gasteiger partial charge in [-0.05, 0) is 6.07 Å². The Balaban J connectivity index is 2.29. The van der Waals surface area contributed by atoms with Gasteiger partial charge in [0.05, 0.1) is 0 Å². The molecule has 0 fully saturated rings. The summed E-state index contributed by atoms with van der Waals surface area (Å²) in [5.41, 5.74) is 3.40. The third-order valence-electron chi connectivity index (χ3n) is 3.56. The van der Waals surface area contributed by atoms with Crippen molar-refractivity contribution in [1.82, 2.24) is 4.98 Å². The molecule has 1 N–H and O–H groups in total. The van der Waals surface area contributed by atoms with Gasteiger partial charge in [0.15, 0.2) is 0 Å². The maximum absolute atomic E-state index is 11.0. The molecule has 1 heterocycles. The zero-order valence-electron chi connectivity index (χ0n) is 12.5. The van der Waals surface area contributed by atoms with Crippen LogP contribution in [0.2, 0.25) is 0 Å². The average molecular weight is 335 g/mol. The molecule has 0 aliphatic heterocycles. The van der Waals surface area contributed by atoms with Crippen LogP contribution in [0, 0.1) is 0 Å². The first-order valence-corrected chi connectivity index (χ1v) is 8.13. The summed E-state index contributed by atoms with van der Waals surface area (Å²) in [4.78, 5) is 4.58. The van der Waals surface area contributed by atoms with Crippen molar-refractivity contribution in [3.8, 4) is 0 Å². The Bertz CT molecular complexity index is 988. The van der Waals surface area contributed by atoms with Crippen molar-refractivity contribution in [2.45, 2.75) is 6.29 Å².